The molecule has 2 rings (SSSR count). The van der Waals surface area contributed by atoms with Crippen LogP contribution in [0.25, 0.3) is 0 Å². The van der Waals surface area contributed by atoms with E-state index in [1.165, 1.54) is 4.90 Å². The molecule has 4 nitrogen and oxygen atoms in total. The van der Waals surface area contributed by atoms with Crippen molar-refractivity contribution in [1.82, 2.24) is 4.90 Å². The van der Waals surface area contributed by atoms with E-state index in [2.05, 4.69) is 0 Å². The highest BCUT2D eigenvalue weighted by molar-refractivity contribution is 7.99. The molecular formula is C14H17NO3S. The molecule has 0 spiro atoms. The van der Waals surface area contributed by atoms with E-state index in [1.807, 2.05) is 30.3 Å². The van der Waals surface area contributed by atoms with Crippen LogP contribution in [0.3, 0.4) is 0 Å². The van der Waals surface area contributed by atoms with Crippen molar-refractivity contribution >= 4 is 23.6 Å². The van der Waals surface area contributed by atoms with Gasteiger partial charge in [-0.25, -0.2) is 0 Å². The quantitative estimate of drug-likeness (QED) is 0.810. The van der Waals surface area contributed by atoms with E-state index in [4.69, 9.17) is 5.11 Å². The molecule has 1 N–H and O–H groups in total. The molecule has 1 saturated heterocycles. The standard InChI is InChI=1S/C14H17NO3S/c16-13(15-9-11(10-15)8-14(17)18)6-7-19-12-4-2-1-3-5-12/h1-5,11H,6-10H2,(H,17,18). The first kappa shape index (κ1) is 13.9. The number of nitrogens with zero attached hydrogens (tertiary/aromatic N) is 1. The number of thioether (sulfide) groups is 1. The maximum absolute atomic E-state index is 11.8. The maximum Gasteiger partial charge on any atom is 0.303 e. The van der Waals surface area contributed by atoms with Crippen molar-refractivity contribution in [2.75, 3.05) is 18.8 Å². The zero-order valence-electron chi connectivity index (χ0n) is 10.6. The Morgan fingerprint density at radius 3 is 2.58 bits per heavy atom. The summed E-state index contributed by atoms with van der Waals surface area (Å²) in [6, 6.07) is 9.99. The molecule has 0 atom stereocenters. The summed E-state index contributed by atoms with van der Waals surface area (Å²) in [6.45, 7) is 1.20. The average Bonchev–Trinajstić information content (AvgIpc) is 2.34. The fourth-order valence-electron chi connectivity index (χ4n) is 2.08. The third-order valence-corrected chi connectivity index (χ3v) is 4.11. The smallest absolute Gasteiger partial charge is 0.303 e. The lowest BCUT2D eigenvalue weighted by atomic mass is 9.96. The van der Waals surface area contributed by atoms with Crippen LogP contribution in [0.1, 0.15) is 12.8 Å². The molecule has 102 valence electrons. The topological polar surface area (TPSA) is 57.6 Å². The highest BCUT2D eigenvalue weighted by Gasteiger charge is 2.31. The molecule has 1 aliphatic rings. The van der Waals surface area contributed by atoms with Gasteiger partial charge < -0.3 is 10.0 Å². The maximum atomic E-state index is 11.8. The third kappa shape index (κ3) is 4.28. The SMILES string of the molecule is O=C(O)CC1CN(C(=O)CCSc2ccccc2)C1. The van der Waals surface area contributed by atoms with Crippen LogP contribution >= 0.6 is 11.8 Å². The van der Waals surface area contributed by atoms with Gasteiger partial charge in [0, 0.05) is 36.1 Å². The molecule has 0 radical (unpaired) electrons. The van der Waals surface area contributed by atoms with Gasteiger partial charge in [0.2, 0.25) is 5.91 Å². The number of benzene rings is 1. The Bertz CT molecular complexity index is 443. The lowest BCUT2D eigenvalue weighted by molar-refractivity contribution is -0.144. The molecule has 19 heavy (non-hydrogen) atoms. The summed E-state index contributed by atoms with van der Waals surface area (Å²) in [5, 5.41) is 8.63. The second kappa shape index (κ2) is 6.61. The predicted molar refractivity (Wildman–Crippen MR) is 74.1 cm³/mol. The average molecular weight is 279 g/mol. The normalized spacial score (nSPS) is 15.1. The van der Waals surface area contributed by atoms with Gasteiger partial charge in [-0.3, -0.25) is 9.59 Å². The van der Waals surface area contributed by atoms with E-state index in [1.54, 1.807) is 16.7 Å². The van der Waals surface area contributed by atoms with Crippen LogP contribution in [-0.4, -0.2) is 40.7 Å². The Balaban J connectivity index is 1.62. The van der Waals surface area contributed by atoms with E-state index in [0.29, 0.717) is 19.5 Å². The molecule has 0 bridgehead atoms. The molecule has 1 fully saturated rings. The number of carbonyl (C=O) groups excluding carboxylic acids is 1. The molecule has 1 heterocycles. The Hall–Kier alpha value is -1.49. The van der Waals surface area contributed by atoms with Gasteiger partial charge in [-0.15, -0.1) is 11.8 Å². The number of hydrogen-bond donors (Lipinski definition) is 1. The second-order valence-corrected chi connectivity index (χ2v) is 5.84. The molecule has 0 aliphatic carbocycles. The van der Waals surface area contributed by atoms with Crippen LogP contribution in [-0.2, 0) is 9.59 Å². The number of hydrogen-bond acceptors (Lipinski definition) is 3. The highest BCUT2D eigenvalue weighted by Crippen LogP contribution is 2.22. The Morgan fingerprint density at radius 2 is 1.95 bits per heavy atom. The summed E-state index contributed by atoms with van der Waals surface area (Å²) in [6.07, 6.45) is 0.682. The van der Waals surface area contributed by atoms with E-state index in [0.717, 1.165) is 5.75 Å². The Kier molecular flexibility index (Phi) is 4.85. The summed E-state index contributed by atoms with van der Waals surface area (Å²) < 4.78 is 0. The van der Waals surface area contributed by atoms with Gasteiger partial charge in [0.15, 0.2) is 0 Å². The number of carbonyl (C=O) groups is 2. The first-order valence-electron chi connectivity index (χ1n) is 6.32. The minimum absolute atomic E-state index is 0.130. The summed E-state index contributed by atoms with van der Waals surface area (Å²) in [5.41, 5.74) is 0. The number of carboxylic acids is 1. The summed E-state index contributed by atoms with van der Waals surface area (Å²) in [4.78, 5) is 25.2. The number of aliphatic carboxylic acids is 1. The van der Waals surface area contributed by atoms with Gasteiger partial charge in [0.1, 0.15) is 0 Å². The zero-order chi connectivity index (χ0) is 13.7. The lowest BCUT2D eigenvalue weighted by Crippen LogP contribution is -2.50. The van der Waals surface area contributed by atoms with Crippen LogP contribution in [0.4, 0.5) is 0 Å². The molecule has 0 saturated carbocycles. The van der Waals surface area contributed by atoms with Crippen LogP contribution in [0, 0.1) is 5.92 Å². The largest absolute Gasteiger partial charge is 0.481 e. The van der Waals surface area contributed by atoms with Gasteiger partial charge >= 0.3 is 5.97 Å². The molecule has 0 unspecified atom stereocenters. The van der Waals surface area contributed by atoms with Crippen LogP contribution < -0.4 is 0 Å². The zero-order valence-corrected chi connectivity index (χ0v) is 11.4. The van der Waals surface area contributed by atoms with Gasteiger partial charge in [-0.1, -0.05) is 18.2 Å². The molecule has 1 amide bonds. The van der Waals surface area contributed by atoms with E-state index < -0.39 is 5.97 Å². The third-order valence-electron chi connectivity index (χ3n) is 3.10. The molecular weight excluding hydrogens is 262 g/mol. The van der Waals surface area contributed by atoms with Crippen molar-refractivity contribution in [3.63, 3.8) is 0 Å². The minimum atomic E-state index is -0.781. The molecule has 1 aromatic carbocycles. The van der Waals surface area contributed by atoms with Crippen molar-refractivity contribution in [2.45, 2.75) is 17.7 Å². The molecule has 0 aromatic heterocycles. The van der Waals surface area contributed by atoms with Crippen LogP contribution in [0.15, 0.2) is 35.2 Å². The second-order valence-electron chi connectivity index (χ2n) is 4.67. The first-order chi connectivity index (χ1) is 9.15. The molecule has 5 heteroatoms. The molecule has 1 aliphatic heterocycles. The Morgan fingerprint density at radius 1 is 1.26 bits per heavy atom. The van der Waals surface area contributed by atoms with Crippen LogP contribution in [0.2, 0.25) is 0 Å². The predicted octanol–water partition coefficient (Wildman–Crippen LogP) is 2.10. The fourth-order valence-corrected chi connectivity index (χ4v) is 2.94. The fraction of sp³-hybridized carbons (Fsp3) is 0.429. The van der Waals surface area contributed by atoms with Gasteiger partial charge in [-0.05, 0) is 12.1 Å². The van der Waals surface area contributed by atoms with Crippen molar-refractivity contribution in [2.24, 2.45) is 5.92 Å². The summed E-state index contributed by atoms with van der Waals surface area (Å²) in [7, 11) is 0. The van der Waals surface area contributed by atoms with Gasteiger partial charge in [0.25, 0.3) is 0 Å². The van der Waals surface area contributed by atoms with Crippen molar-refractivity contribution in [3.8, 4) is 0 Å². The number of likely N-dealkylation sites (tertiary alicyclic amines) is 1. The number of rotatable bonds is 6. The highest BCUT2D eigenvalue weighted by atomic mass is 32.2. The van der Waals surface area contributed by atoms with Gasteiger partial charge in [0.05, 0.1) is 6.42 Å². The van der Waals surface area contributed by atoms with Crippen molar-refractivity contribution in [3.05, 3.63) is 30.3 Å². The van der Waals surface area contributed by atoms with Crippen molar-refractivity contribution < 1.29 is 14.7 Å². The van der Waals surface area contributed by atoms with Gasteiger partial charge in [-0.2, -0.15) is 0 Å². The number of carboxylic acid groups (broad SMARTS) is 1. The Labute approximate surface area is 116 Å². The summed E-state index contributed by atoms with van der Waals surface area (Å²) in [5.74, 6) is 0.258. The summed E-state index contributed by atoms with van der Waals surface area (Å²) >= 11 is 1.67. The number of amides is 1. The first-order valence-corrected chi connectivity index (χ1v) is 7.31. The van der Waals surface area contributed by atoms with E-state index >= 15 is 0 Å². The van der Waals surface area contributed by atoms with E-state index in [-0.39, 0.29) is 18.2 Å². The monoisotopic (exact) mass is 279 g/mol. The van der Waals surface area contributed by atoms with E-state index in [9.17, 15) is 9.59 Å². The lowest BCUT2D eigenvalue weighted by Gasteiger charge is -2.38. The van der Waals surface area contributed by atoms with Crippen molar-refractivity contribution in [1.29, 1.82) is 0 Å². The molecule has 1 aromatic rings. The van der Waals surface area contributed by atoms with Crippen LogP contribution in [0.5, 0.6) is 0 Å². The minimum Gasteiger partial charge on any atom is -0.481 e.